The first-order valence-electron chi connectivity index (χ1n) is 6.35. The van der Waals surface area contributed by atoms with Crippen molar-refractivity contribution in [2.45, 2.75) is 33.4 Å². The van der Waals surface area contributed by atoms with Gasteiger partial charge in [0, 0.05) is 18.7 Å². The molecule has 0 aliphatic heterocycles. The van der Waals surface area contributed by atoms with Crippen LogP contribution in [0.5, 0.6) is 0 Å². The molecule has 0 radical (unpaired) electrons. The van der Waals surface area contributed by atoms with Crippen molar-refractivity contribution in [2.24, 2.45) is 0 Å². The largest absolute Gasteiger partial charge is 0.392 e. The summed E-state index contributed by atoms with van der Waals surface area (Å²) in [6.07, 6.45) is 0.966. The third kappa shape index (κ3) is 1.94. The molecular formula is C14H19N3O. The number of hydrogen-bond donors (Lipinski definition) is 1. The van der Waals surface area contributed by atoms with Crippen molar-refractivity contribution in [1.29, 1.82) is 0 Å². The maximum absolute atomic E-state index is 12.1. The first-order chi connectivity index (χ1) is 8.70. The minimum absolute atomic E-state index is 0.0928. The lowest BCUT2D eigenvalue weighted by Gasteiger charge is -2.12. The van der Waals surface area contributed by atoms with E-state index < -0.39 is 0 Å². The standard InChI is InChI=1S/C14H19N3O/c1-3-10-17-13(11-8-6-5-7-9-11)12(15)14(18)16(17)4-2/h5-9H,3-4,10,15H2,1-2H3. The van der Waals surface area contributed by atoms with Gasteiger partial charge < -0.3 is 5.73 Å². The lowest BCUT2D eigenvalue weighted by Crippen LogP contribution is -2.23. The van der Waals surface area contributed by atoms with E-state index in [4.69, 9.17) is 5.73 Å². The summed E-state index contributed by atoms with van der Waals surface area (Å²) in [7, 11) is 0. The fraction of sp³-hybridized carbons (Fsp3) is 0.357. The summed E-state index contributed by atoms with van der Waals surface area (Å²) < 4.78 is 3.70. The summed E-state index contributed by atoms with van der Waals surface area (Å²) in [6, 6.07) is 9.84. The van der Waals surface area contributed by atoms with E-state index in [1.165, 1.54) is 0 Å². The minimum Gasteiger partial charge on any atom is -0.392 e. The Bertz CT molecular complexity index is 581. The Morgan fingerprint density at radius 3 is 2.33 bits per heavy atom. The van der Waals surface area contributed by atoms with E-state index in [1.54, 1.807) is 4.68 Å². The molecule has 0 saturated heterocycles. The molecule has 0 amide bonds. The molecule has 1 aromatic carbocycles. The third-order valence-corrected chi connectivity index (χ3v) is 3.05. The summed E-state index contributed by atoms with van der Waals surface area (Å²) in [4.78, 5) is 12.1. The van der Waals surface area contributed by atoms with Gasteiger partial charge in [-0.05, 0) is 13.3 Å². The first-order valence-corrected chi connectivity index (χ1v) is 6.35. The van der Waals surface area contributed by atoms with Crippen molar-refractivity contribution in [3.8, 4) is 11.3 Å². The molecule has 0 bridgehead atoms. The average Bonchev–Trinajstić information content (AvgIpc) is 2.63. The number of nitrogen functional groups attached to an aromatic ring is 1. The number of aromatic nitrogens is 2. The molecule has 96 valence electrons. The second-order valence-corrected chi connectivity index (χ2v) is 4.27. The Labute approximate surface area is 107 Å². The fourth-order valence-electron chi connectivity index (χ4n) is 2.27. The van der Waals surface area contributed by atoms with E-state index in [2.05, 4.69) is 6.92 Å². The summed E-state index contributed by atoms with van der Waals surface area (Å²) in [5.74, 6) is 0. The maximum Gasteiger partial charge on any atom is 0.290 e. The van der Waals surface area contributed by atoms with Gasteiger partial charge in [-0.25, -0.2) is 4.68 Å². The molecule has 2 N–H and O–H groups in total. The van der Waals surface area contributed by atoms with E-state index in [0.29, 0.717) is 12.2 Å². The number of hydrogen-bond acceptors (Lipinski definition) is 2. The highest BCUT2D eigenvalue weighted by atomic mass is 16.1. The smallest absolute Gasteiger partial charge is 0.290 e. The van der Waals surface area contributed by atoms with Crippen LogP contribution in [0, 0.1) is 0 Å². The number of benzene rings is 1. The van der Waals surface area contributed by atoms with Crippen LogP contribution in [-0.2, 0) is 13.1 Å². The quantitative estimate of drug-likeness (QED) is 0.898. The molecule has 2 aromatic rings. The van der Waals surface area contributed by atoms with Crippen LogP contribution in [0.3, 0.4) is 0 Å². The van der Waals surface area contributed by atoms with Gasteiger partial charge >= 0.3 is 0 Å². The molecule has 1 heterocycles. The SMILES string of the molecule is CCCn1c(-c2ccccc2)c(N)c(=O)n1CC. The van der Waals surface area contributed by atoms with E-state index in [1.807, 2.05) is 41.9 Å². The summed E-state index contributed by atoms with van der Waals surface area (Å²) >= 11 is 0. The topological polar surface area (TPSA) is 52.9 Å². The van der Waals surface area contributed by atoms with Gasteiger partial charge in [0.1, 0.15) is 5.69 Å². The van der Waals surface area contributed by atoms with Crippen molar-refractivity contribution >= 4 is 5.69 Å². The Morgan fingerprint density at radius 2 is 1.78 bits per heavy atom. The van der Waals surface area contributed by atoms with Crippen LogP contribution in [0.2, 0.25) is 0 Å². The molecule has 4 nitrogen and oxygen atoms in total. The van der Waals surface area contributed by atoms with Gasteiger partial charge in [0.25, 0.3) is 5.56 Å². The van der Waals surface area contributed by atoms with Crippen LogP contribution < -0.4 is 11.3 Å². The van der Waals surface area contributed by atoms with Crippen LogP contribution in [0.25, 0.3) is 11.3 Å². The van der Waals surface area contributed by atoms with E-state index >= 15 is 0 Å². The second-order valence-electron chi connectivity index (χ2n) is 4.27. The minimum atomic E-state index is -0.0928. The van der Waals surface area contributed by atoms with Gasteiger partial charge in [-0.3, -0.25) is 9.48 Å². The van der Waals surface area contributed by atoms with Crippen LogP contribution >= 0.6 is 0 Å². The number of anilines is 1. The van der Waals surface area contributed by atoms with Crippen molar-refractivity contribution in [3.05, 3.63) is 40.7 Å². The first kappa shape index (κ1) is 12.5. The lowest BCUT2D eigenvalue weighted by atomic mass is 10.1. The van der Waals surface area contributed by atoms with Gasteiger partial charge in [0.05, 0.1) is 5.69 Å². The molecule has 0 unspecified atom stereocenters. The third-order valence-electron chi connectivity index (χ3n) is 3.05. The van der Waals surface area contributed by atoms with Gasteiger partial charge in [-0.15, -0.1) is 0 Å². The van der Waals surface area contributed by atoms with Crippen LogP contribution in [0.1, 0.15) is 20.3 Å². The van der Waals surface area contributed by atoms with Crippen molar-refractivity contribution in [2.75, 3.05) is 5.73 Å². The van der Waals surface area contributed by atoms with Gasteiger partial charge in [0.15, 0.2) is 0 Å². The zero-order valence-electron chi connectivity index (χ0n) is 10.9. The number of nitrogens with two attached hydrogens (primary N) is 1. The van der Waals surface area contributed by atoms with E-state index in [-0.39, 0.29) is 5.56 Å². The molecule has 0 aliphatic rings. The lowest BCUT2D eigenvalue weighted by molar-refractivity contribution is 0.460. The Kier molecular flexibility index (Phi) is 3.55. The molecular weight excluding hydrogens is 226 g/mol. The Balaban J connectivity index is 2.70. The van der Waals surface area contributed by atoms with E-state index in [9.17, 15) is 4.79 Å². The molecule has 0 spiro atoms. The van der Waals surface area contributed by atoms with Gasteiger partial charge in [-0.2, -0.15) is 0 Å². The van der Waals surface area contributed by atoms with Crippen LogP contribution in [0.4, 0.5) is 5.69 Å². The normalized spacial score (nSPS) is 10.8. The zero-order chi connectivity index (χ0) is 13.1. The monoisotopic (exact) mass is 245 g/mol. The van der Waals surface area contributed by atoms with Crippen LogP contribution in [-0.4, -0.2) is 9.36 Å². The van der Waals surface area contributed by atoms with Crippen LogP contribution in [0.15, 0.2) is 35.1 Å². The van der Waals surface area contributed by atoms with E-state index in [0.717, 1.165) is 24.2 Å². The Morgan fingerprint density at radius 1 is 1.11 bits per heavy atom. The highest BCUT2D eigenvalue weighted by Crippen LogP contribution is 2.24. The molecule has 4 heteroatoms. The molecule has 0 aliphatic carbocycles. The summed E-state index contributed by atoms with van der Waals surface area (Å²) in [5.41, 5.74) is 8.07. The van der Waals surface area contributed by atoms with Gasteiger partial charge in [-0.1, -0.05) is 37.3 Å². The van der Waals surface area contributed by atoms with Crippen molar-refractivity contribution < 1.29 is 0 Å². The fourth-order valence-corrected chi connectivity index (χ4v) is 2.27. The number of nitrogens with zero attached hydrogens (tertiary/aromatic N) is 2. The van der Waals surface area contributed by atoms with Crippen molar-refractivity contribution in [3.63, 3.8) is 0 Å². The molecule has 0 fully saturated rings. The van der Waals surface area contributed by atoms with Gasteiger partial charge in [0.2, 0.25) is 0 Å². The average molecular weight is 245 g/mol. The summed E-state index contributed by atoms with van der Waals surface area (Å²) in [6.45, 7) is 5.48. The highest BCUT2D eigenvalue weighted by Gasteiger charge is 2.17. The molecule has 0 atom stereocenters. The molecule has 18 heavy (non-hydrogen) atoms. The zero-order valence-corrected chi connectivity index (χ0v) is 10.9. The predicted octanol–water partition coefficient (Wildman–Crippen LogP) is 2.33. The molecule has 0 saturated carbocycles. The highest BCUT2D eigenvalue weighted by molar-refractivity contribution is 5.72. The molecule has 1 aromatic heterocycles. The van der Waals surface area contributed by atoms with Crippen molar-refractivity contribution in [1.82, 2.24) is 9.36 Å². The Hall–Kier alpha value is -1.97. The maximum atomic E-state index is 12.1. The second kappa shape index (κ2) is 5.12. The number of rotatable bonds is 4. The molecule has 2 rings (SSSR count). The summed E-state index contributed by atoms with van der Waals surface area (Å²) in [5, 5.41) is 0. The predicted molar refractivity (Wildman–Crippen MR) is 74.5 cm³/mol.